The highest BCUT2D eigenvalue weighted by atomic mass is 127. The Balaban J connectivity index is 0.00000576. The van der Waals surface area contributed by atoms with E-state index in [1.807, 2.05) is 13.8 Å². The molecule has 1 amide bonds. The highest BCUT2D eigenvalue weighted by Crippen LogP contribution is 2.22. The van der Waals surface area contributed by atoms with E-state index in [9.17, 15) is 4.79 Å². The molecule has 1 aromatic heterocycles. The van der Waals surface area contributed by atoms with Crippen LogP contribution >= 0.6 is 24.0 Å². The molecule has 0 aliphatic rings. The smallest absolute Gasteiger partial charge is 0.221 e. The summed E-state index contributed by atoms with van der Waals surface area (Å²) in [6.07, 6.45) is 3.11. The lowest BCUT2D eigenvalue weighted by molar-refractivity contribution is -0.120. The summed E-state index contributed by atoms with van der Waals surface area (Å²) in [6, 6.07) is 0. The quantitative estimate of drug-likeness (QED) is 0.312. The number of carbonyl (C=O) groups is 1. The summed E-state index contributed by atoms with van der Waals surface area (Å²) in [5, 5.41) is 9.14. The van der Waals surface area contributed by atoms with Crippen LogP contribution < -0.4 is 16.0 Å². The van der Waals surface area contributed by atoms with E-state index in [4.69, 9.17) is 4.42 Å². The van der Waals surface area contributed by atoms with Gasteiger partial charge in [0.05, 0.1) is 6.20 Å². The van der Waals surface area contributed by atoms with Crippen molar-refractivity contribution < 1.29 is 9.21 Å². The lowest BCUT2D eigenvalue weighted by atomic mass is 9.94. The van der Waals surface area contributed by atoms with Gasteiger partial charge in [0.1, 0.15) is 12.3 Å². The summed E-state index contributed by atoms with van der Waals surface area (Å²) in [7, 11) is 0. The minimum absolute atomic E-state index is 0. The van der Waals surface area contributed by atoms with Crippen molar-refractivity contribution in [3.63, 3.8) is 0 Å². The van der Waals surface area contributed by atoms with E-state index in [-0.39, 0.29) is 35.3 Å². The minimum atomic E-state index is -0.0659. The highest BCUT2D eigenvalue weighted by molar-refractivity contribution is 14.0. The van der Waals surface area contributed by atoms with Crippen LogP contribution in [0.15, 0.2) is 15.6 Å². The van der Waals surface area contributed by atoms with Crippen molar-refractivity contribution in [2.75, 3.05) is 19.6 Å². The van der Waals surface area contributed by atoms with Gasteiger partial charge >= 0.3 is 0 Å². The first kappa shape index (κ1) is 23.7. The lowest BCUT2D eigenvalue weighted by Crippen LogP contribution is -2.39. The molecule has 0 saturated carbocycles. The largest absolute Gasteiger partial charge is 0.443 e. The summed E-state index contributed by atoms with van der Waals surface area (Å²) in [5.41, 5.74) is -0.0659. The number of oxazole rings is 1. The maximum atomic E-state index is 11.6. The van der Waals surface area contributed by atoms with Crippen molar-refractivity contribution in [2.45, 2.75) is 59.4 Å². The number of hydrogen-bond donors (Lipinski definition) is 3. The van der Waals surface area contributed by atoms with E-state index < -0.39 is 0 Å². The van der Waals surface area contributed by atoms with E-state index in [1.54, 1.807) is 6.20 Å². The molecule has 144 valence electrons. The molecular formula is C17H32IN5O2. The number of hydrogen-bond acceptors (Lipinski definition) is 4. The van der Waals surface area contributed by atoms with Gasteiger partial charge in [-0.05, 0) is 13.3 Å². The van der Waals surface area contributed by atoms with E-state index in [1.165, 1.54) is 0 Å². The van der Waals surface area contributed by atoms with Gasteiger partial charge in [0.2, 0.25) is 11.8 Å². The Hall–Kier alpha value is -1.32. The number of rotatable bonds is 8. The standard InChI is InChI=1S/C17H31N5O2.HI/c1-6-9-19-14(23)8-10-20-16(18-7-2)22-12-15-21-11-13(24-15)17(3,4)5;/h11H,6-10,12H2,1-5H3,(H,19,23)(H2,18,20,22);1H. The van der Waals surface area contributed by atoms with Crippen molar-refractivity contribution in [1.82, 2.24) is 20.9 Å². The van der Waals surface area contributed by atoms with Crippen LogP contribution in [-0.2, 0) is 16.8 Å². The Morgan fingerprint density at radius 2 is 1.92 bits per heavy atom. The fourth-order valence-electron chi connectivity index (χ4n) is 1.87. The van der Waals surface area contributed by atoms with Gasteiger partial charge in [-0.1, -0.05) is 27.7 Å². The maximum Gasteiger partial charge on any atom is 0.221 e. The Labute approximate surface area is 167 Å². The van der Waals surface area contributed by atoms with Crippen molar-refractivity contribution in [2.24, 2.45) is 4.99 Å². The molecule has 0 radical (unpaired) electrons. The molecule has 25 heavy (non-hydrogen) atoms. The molecule has 0 unspecified atom stereocenters. The third kappa shape index (κ3) is 9.66. The van der Waals surface area contributed by atoms with Gasteiger partial charge in [-0.2, -0.15) is 0 Å². The summed E-state index contributed by atoms with van der Waals surface area (Å²) >= 11 is 0. The van der Waals surface area contributed by atoms with Gasteiger partial charge in [0, 0.05) is 31.5 Å². The van der Waals surface area contributed by atoms with Crippen LogP contribution in [-0.4, -0.2) is 36.5 Å². The van der Waals surface area contributed by atoms with Crippen LogP contribution in [0.1, 0.15) is 59.1 Å². The second-order valence-corrected chi connectivity index (χ2v) is 6.59. The molecule has 0 aliphatic carbocycles. The van der Waals surface area contributed by atoms with Gasteiger partial charge in [-0.25, -0.2) is 9.98 Å². The molecule has 1 heterocycles. The van der Waals surface area contributed by atoms with Crippen molar-refractivity contribution >= 4 is 35.8 Å². The van der Waals surface area contributed by atoms with Crippen LogP contribution in [0.3, 0.4) is 0 Å². The highest BCUT2D eigenvalue weighted by Gasteiger charge is 2.18. The molecule has 0 atom stereocenters. The monoisotopic (exact) mass is 465 g/mol. The molecule has 1 rings (SSSR count). The molecule has 0 fully saturated rings. The third-order valence-electron chi connectivity index (χ3n) is 3.23. The third-order valence-corrected chi connectivity index (χ3v) is 3.23. The topological polar surface area (TPSA) is 91.5 Å². The number of nitrogens with zero attached hydrogens (tertiary/aromatic N) is 2. The number of aliphatic imine (C=N–C) groups is 1. The number of nitrogens with one attached hydrogen (secondary N) is 3. The molecule has 8 heteroatoms. The molecule has 0 aromatic carbocycles. The van der Waals surface area contributed by atoms with Crippen molar-refractivity contribution in [1.29, 1.82) is 0 Å². The number of halogens is 1. The molecule has 7 nitrogen and oxygen atoms in total. The SMILES string of the molecule is CCCNC(=O)CCNC(=NCc1ncc(C(C)(C)C)o1)NCC.I. The summed E-state index contributed by atoms with van der Waals surface area (Å²) in [4.78, 5) is 20.3. The molecule has 0 spiro atoms. The fraction of sp³-hybridized carbons (Fsp3) is 0.706. The second-order valence-electron chi connectivity index (χ2n) is 6.59. The zero-order valence-electron chi connectivity index (χ0n) is 15.9. The van der Waals surface area contributed by atoms with Gasteiger partial charge in [-0.3, -0.25) is 4.79 Å². The normalized spacial score (nSPS) is 11.6. The molecule has 1 aromatic rings. The number of aromatic nitrogens is 1. The average molecular weight is 465 g/mol. The summed E-state index contributed by atoms with van der Waals surface area (Å²) in [6.45, 7) is 12.6. The predicted octanol–water partition coefficient (Wildman–Crippen LogP) is 2.56. The minimum Gasteiger partial charge on any atom is -0.443 e. The van der Waals surface area contributed by atoms with Gasteiger partial charge in [0.15, 0.2) is 5.96 Å². The first-order valence-electron chi connectivity index (χ1n) is 8.60. The van der Waals surface area contributed by atoms with Gasteiger partial charge in [0.25, 0.3) is 0 Å². The fourth-order valence-corrected chi connectivity index (χ4v) is 1.87. The summed E-state index contributed by atoms with van der Waals surface area (Å²) in [5.74, 6) is 2.12. The second kappa shape index (κ2) is 12.1. The van der Waals surface area contributed by atoms with E-state index in [0.29, 0.717) is 37.9 Å². The van der Waals surface area contributed by atoms with Crippen LogP contribution in [0, 0.1) is 0 Å². The number of carbonyl (C=O) groups excluding carboxylic acids is 1. The van der Waals surface area contributed by atoms with Crippen LogP contribution in [0.2, 0.25) is 0 Å². The maximum absolute atomic E-state index is 11.6. The first-order chi connectivity index (χ1) is 11.4. The Bertz CT molecular complexity index is 537. The molecule has 3 N–H and O–H groups in total. The summed E-state index contributed by atoms with van der Waals surface area (Å²) < 4.78 is 5.73. The first-order valence-corrected chi connectivity index (χ1v) is 8.60. The molecule has 0 aliphatic heterocycles. The van der Waals surface area contributed by atoms with E-state index in [0.717, 1.165) is 18.7 Å². The number of guanidine groups is 1. The van der Waals surface area contributed by atoms with Crippen LogP contribution in [0.5, 0.6) is 0 Å². The Kier molecular flexibility index (Phi) is 11.5. The van der Waals surface area contributed by atoms with Crippen molar-refractivity contribution in [3.8, 4) is 0 Å². The zero-order valence-corrected chi connectivity index (χ0v) is 18.3. The van der Waals surface area contributed by atoms with Crippen LogP contribution in [0.4, 0.5) is 0 Å². The lowest BCUT2D eigenvalue weighted by Gasteiger charge is -2.13. The molecule has 0 saturated heterocycles. The molecule has 0 bridgehead atoms. The van der Waals surface area contributed by atoms with Gasteiger partial charge < -0.3 is 20.4 Å². The number of amides is 1. The average Bonchev–Trinajstić information content (AvgIpc) is 2.99. The predicted molar refractivity (Wildman–Crippen MR) is 111 cm³/mol. The van der Waals surface area contributed by atoms with E-state index >= 15 is 0 Å². The van der Waals surface area contributed by atoms with Gasteiger partial charge in [-0.15, -0.1) is 24.0 Å². The Morgan fingerprint density at radius 1 is 1.20 bits per heavy atom. The molecular weight excluding hydrogens is 433 g/mol. The van der Waals surface area contributed by atoms with Crippen molar-refractivity contribution in [3.05, 3.63) is 17.8 Å². The zero-order chi connectivity index (χ0) is 18.0. The van der Waals surface area contributed by atoms with Crippen LogP contribution in [0.25, 0.3) is 0 Å². The van der Waals surface area contributed by atoms with E-state index in [2.05, 4.69) is 46.7 Å². The Morgan fingerprint density at radius 3 is 2.48 bits per heavy atom.